The maximum Gasteiger partial charge on any atom is 0.174 e. The summed E-state index contributed by atoms with van der Waals surface area (Å²) >= 11 is 2.31. The fraction of sp³-hybridized carbons (Fsp3) is 0.500. The van der Waals surface area contributed by atoms with Crippen molar-refractivity contribution in [1.82, 2.24) is 4.90 Å². The van der Waals surface area contributed by atoms with E-state index in [1.807, 2.05) is 6.07 Å². The predicted octanol–water partition coefficient (Wildman–Crippen LogP) is 2.41. The van der Waals surface area contributed by atoms with Crippen LogP contribution in [-0.2, 0) is 6.42 Å². The van der Waals surface area contributed by atoms with Crippen molar-refractivity contribution in [2.24, 2.45) is 0 Å². The molecule has 0 aliphatic carbocycles. The lowest BCUT2D eigenvalue weighted by molar-refractivity contribution is 0.351. The molecule has 0 N–H and O–H groups in total. The van der Waals surface area contributed by atoms with Gasteiger partial charge in [-0.1, -0.05) is 6.07 Å². The Balaban J connectivity index is 2.95. The molecule has 0 aliphatic rings. The molecule has 0 spiro atoms. The van der Waals surface area contributed by atoms with Gasteiger partial charge < -0.3 is 14.4 Å². The molecule has 4 heteroatoms. The fourth-order valence-corrected chi connectivity index (χ4v) is 2.40. The summed E-state index contributed by atoms with van der Waals surface area (Å²) in [6, 6.07) is 4.07. The number of methoxy groups -OCH3 is 2. The molecule has 0 fully saturated rings. The summed E-state index contributed by atoms with van der Waals surface area (Å²) in [7, 11) is 7.49. The Bertz CT molecular complexity index is 353. The summed E-state index contributed by atoms with van der Waals surface area (Å²) < 4.78 is 11.8. The molecule has 3 nitrogen and oxygen atoms in total. The van der Waals surface area contributed by atoms with Gasteiger partial charge in [-0.2, -0.15) is 0 Å². The highest BCUT2D eigenvalue weighted by Crippen LogP contribution is 2.34. The summed E-state index contributed by atoms with van der Waals surface area (Å²) in [4.78, 5) is 2.17. The molecule has 0 bridgehead atoms. The van der Waals surface area contributed by atoms with Crippen LogP contribution in [0.25, 0.3) is 0 Å². The van der Waals surface area contributed by atoms with E-state index < -0.39 is 0 Å². The molecular weight excluding hydrogens is 321 g/mol. The molecule has 0 aliphatic heterocycles. The molecule has 0 radical (unpaired) electrons. The van der Waals surface area contributed by atoms with Gasteiger partial charge in [-0.25, -0.2) is 0 Å². The minimum Gasteiger partial charge on any atom is -0.493 e. The van der Waals surface area contributed by atoms with Crippen molar-refractivity contribution in [2.75, 3.05) is 34.9 Å². The monoisotopic (exact) mass is 339 g/mol. The van der Waals surface area contributed by atoms with Crippen LogP contribution < -0.4 is 9.47 Å². The number of nitrogens with zero attached hydrogens (tertiary/aromatic N) is 1. The van der Waals surface area contributed by atoms with Gasteiger partial charge in [-0.15, -0.1) is 0 Å². The third kappa shape index (κ3) is 3.25. The van der Waals surface area contributed by atoms with Crippen molar-refractivity contribution >= 4 is 22.6 Å². The van der Waals surface area contributed by atoms with E-state index in [0.29, 0.717) is 0 Å². The Morgan fingerprint density at radius 3 is 2.38 bits per heavy atom. The molecule has 1 aromatic rings. The Morgan fingerprint density at radius 1 is 1.19 bits per heavy atom. The third-order valence-electron chi connectivity index (χ3n) is 2.39. The standard InChI is InChI=1S/C12H18INO2/c1-14(2)8-7-9-5-6-10(15-3)12(16-4)11(9)13/h5-6H,7-8H2,1-4H3/i13+4. The Hall–Kier alpha value is -0.490. The van der Waals surface area contributed by atoms with E-state index in [9.17, 15) is 0 Å². The van der Waals surface area contributed by atoms with Crippen molar-refractivity contribution < 1.29 is 9.47 Å². The van der Waals surface area contributed by atoms with Crippen LogP contribution in [0, 0.1) is 3.57 Å². The lowest BCUT2D eigenvalue weighted by Crippen LogP contribution is -2.15. The second-order valence-electron chi connectivity index (χ2n) is 3.83. The number of rotatable bonds is 5. The highest BCUT2D eigenvalue weighted by atomic mass is 131. The molecule has 0 unspecified atom stereocenters. The van der Waals surface area contributed by atoms with Crippen LogP contribution in [0.4, 0.5) is 0 Å². The molecule has 0 saturated heterocycles. The van der Waals surface area contributed by atoms with E-state index in [4.69, 9.17) is 9.47 Å². The first-order chi connectivity index (χ1) is 7.60. The first-order valence-electron chi connectivity index (χ1n) is 5.14. The summed E-state index contributed by atoms with van der Waals surface area (Å²) in [5.74, 6) is 1.62. The Morgan fingerprint density at radius 2 is 1.88 bits per heavy atom. The fourth-order valence-electron chi connectivity index (χ4n) is 1.47. The SMILES string of the molecule is COc1ccc(CCN(C)C)c([131I])c1OC. The topological polar surface area (TPSA) is 21.7 Å². The zero-order valence-electron chi connectivity index (χ0n) is 10.2. The Kier molecular flexibility index (Phi) is 5.34. The molecule has 90 valence electrons. The average molecular weight is 339 g/mol. The van der Waals surface area contributed by atoms with E-state index in [1.54, 1.807) is 14.2 Å². The number of hydrogen-bond acceptors (Lipinski definition) is 3. The van der Waals surface area contributed by atoms with Crippen molar-refractivity contribution in [1.29, 1.82) is 0 Å². The minimum absolute atomic E-state index is 0.792. The lowest BCUT2D eigenvalue weighted by Gasteiger charge is -2.14. The van der Waals surface area contributed by atoms with Crippen LogP contribution in [0.2, 0.25) is 0 Å². The van der Waals surface area contributed by atoms with Crippen molar-refractivity contribution in [3.8, 4) is 11.5 Å². The van der Waals surface area contributed by atoms with Crippen LogP contribution in [0.1, 0.15) is 5.56 Å². The number of halogens is 1. The highest BCUT2D eigenvalue weighted by Gasteiger charge is 2.12. The van der Waals surface area contributed by atoms with Crippen LogP contribution in [0.3, 0.4) is 0 Å². The van der Waals surface area contributed by atoms with E-state index in [0.717, 1.165) is 28.0 Å². The first kappa shape index (κ1) is 13.6. The molecule has 1 rings (SSSR count). The normalized spacial score (nSPS) is 10.6. The van der Waals surface area contributed by atoms with Gasteiger partial charge in [0.25, 0.3) is 0 Å². The van der Waals surface area contributed by atoms with Crippen LogP contribution >= 0.6 is 22.6 Å². The largest absolute Gasteiger partial charge is 0.493 e. The zero-order chi connectivity index (χ0) is 12.1. The van der Waals surface area contributed by atoms with E-state index in [-0.39, 0.29) is 0 Å². The van der Waals surface area contributed by atoms with Gasteiger partial charge >= 0.3 is 0 Å². The highest BCUT2D eigenvalue weighted by molar-refractivity contribution is 14.1. The Labute approximate surface area is 111 Å². The molecule has 0 amide bonds. The van der Waals surface area contributed by atoms with Crippen molar-refractivity contribution in [3.63, 3.8) is 0 Å². The van der Waals surface area contributed by atoms with Gasteiger partial charge in [0, 0.05) is 6.54 Å². The van der Waals surface area contributed by atoms with Crippen LogP contribution in [-0.4, -0.2) is 39.8 Å². The summed E-state index contributed by atoms with van der Waals surface area (Å²) in [6.07, 6.45) is 1.02. The van der Waals surface area contributed by atoms with Gasteiger partial charge in [-0.3, -0.25) is 0 Å². The predicted molar refractivity (Wildman–Crippen MR) is 74.5 cm³/mol. The molecule has 0 aromatic heterocycles. The van der Waals surface area contributed by atoms with E-state index in [1.165, 1.54) is 5.56 Å². The summed E-state index contributed by atoms with van der Waals surface area (Å²) in [5.41, 5.74) is 1.30. The van der Waals surface area contributed by atoms with Gasteiger partial charge in [0.2, 0.25) is 0 Å². The molecular formula is C12H18INO2. The molecule has 1 aromatic carbocycles. The molecule has 0 atom stereocenters. The zero-order valence-corrected chi connectivity index (χ0v) is 12.4. The second-order valence-corrected chi connectivity index (χ2v) is 4.91. The second kappa shape index (κ2) is 6.30. The molecule has 0 saturated carbocycles. The molecule has 16 heavy (non-hydrogen) atoms. The quantitative estimate of drug-likeness (QED) is 0.769. The average Bonchev–Trinajstić information content (AvgIpc) is 2.26. The van der Waals surface area contributed by atoms with Gasteiger partial charge in [-0.05, 0) is 54.7 Å². The van der Waals surface area contributed by atoms with Gasteiger partial charge in [0.1, 0.15) is 0 Å². The maximum absolute atomic E-state index is 5.37. The third-order valence-corrected chi connectivity index (χ3v) is 3.58. The first-order valence-corrected chi connectivity index (χ1v) is 6.22. The number of ether oxygens (including phenoxy) is 2. The number of likely N-dealkylation sites (N-methyl/N-ethyl adjacent to an activating group) is 1. The van der Waals surface area contributed by atoms with Crippen LogP contribution in [0.5, 0.6) is 11.5 Å². The van der Waals surface area contributed by atoms with E-state index >= 15 is 0 Å². The van der Waals surface area contributed by atoms with E-state index in [2.05, 4.69) is 47.7 Å². The molecule has 0 heterocycles. The summed E-state index contributed by atoms with van der Waals surface area (Å²) in [6.45, 7) is 1.03. The minimum atomic E-state index is 0.792. The summed E-state index contributed by atoms with van der Waals surface area (Å²) in [5, 5.41) is 0. The van der Waals surface area contributed by atoms with Crippen molar-refractivity contribution in [2.45, 2.75) is 6.42 Å². The lowest BCUT2D eigenvalue weighted by atomic mass is 10.1. The maximum atomic E-state index is 5.37. The van der Waals surface area contributed by atoms with Crippen molar-refractivity contribution in [3.05, 3.63) is 21.3 Å². The number of benzene rings is 1. The van der Waals surface area contributed by atoms with Gasteiger partial charge in [0.05, 0.1) is 17.8 Å². The van der Waals surface area contributed by atoms with Crippen LogP contribution in [0.15, 0.2) is 12.1 Å². The van der Waals surface area contributed by atoms with Gasteiger partial charge in [0.15, 0.2) is 11.5 Å². The smallest absolute Gasteiger partial charge is 0.174 e. The number of hydrogen-bond donors (Lipinski definition) is 0.